The molecule has 0 heterocycles. The number of carbonyl (C=O) groups excluding carboxylic acids is 1. The van der Waals surface area contributed by atoms with E-state index in [1.165, 1.54) is 57.0 Å². The van der Waals surface area contributed by atoms with Crippen LogP contribution in [0, 0.1) is 13.8 Å². The quantitative estimate of drug-likeness (QED) is 0.297. The second-order valence-corrected chi connectivity index (χ2v) is 12.8. The van der Waals surface area contributed by atoms with Gasteiger partial charge < -0.3 is 10.1 Å². The number of unbranched alkanes of at least 4 members (excludes halogenated alkanes) is 3. The molecule has 3 nitrogen and oxygen atoms in total. The van der Waals surface area contributed by atoms with Gasteiger partial charge in [0.15, 0.2) is 0 Å². The van der Waals surface area contributed by atoms with Crippen molar-refractivity contribution in [1.82, 2.24) is 0 Å². The van der Waals surface area contributed by atoms with Crippen molar-refractivity contribution in [2.24, 2.45) is 0 Å². The van der Waals surface area contributed by atoms with E-state index in [0.29, 0.717) is 0 Å². The topological polar surface area (TPSA) is 38.3 Å². The third-order valence-corrected chi connectivity index (χ3v) is 11.6. The van der Waals surface area contributed by atoms with Gasteiger partial charge in [0.05, 0.1) is 25.6 Å². The maximum Gasteiger partial charge on any atom is 0.264 e. The van der Waals surface area contributed by atoms with Gasteiger partial charge in [-0.2, -0.15) is 0 Å². The standard InChI is InChI=1S/C24H42NO2P.Y/c1-8-11-14-28(15-12-9-2,16-13-10-3)21(6)24(26)25-23-19(4)17-22(27-7)18-20(23)5;/h17-18,21H,8-16H2,1-7H3;/p+1. The largest absolute Gasteiger partial charge is 0.497 e. The van der Waals surface area contributed by atoms with Crippen molar-refractivity contribution in [2.75, 3.05) is 30.9 Å². The summed E-state index contributed by atoms with van der Waals surface area (Å²) in [6.07, 6.45) is 11.2. The first kappa shape index (κ1) is 29.0. The summed E-state index contributed by atoms with van der Waals surface area (Å²) in [6, 6.07) is 4.00. The molecule has 0 spiro atoms. The van der Waals surface area contributed by atoms with E-state index in [1.54, 1.807) is 7.11 Å². The first-order chi connectivity index (χ1) is 13.3. The van der Waals surface area contributed by atoms with Crippen LogP contribution < -0.4 is 10.1 Å². The summed E-state index contributed by atoms with van der Waals surface area (Å²) in [4.78, 5) is 13.4. The molecule has 1 radical (unpaired) electrons. The van der Waals surface area contributed by atoms with Gasteiger partial charge in [0.1, 0.15) is 11.4 Å². The van der Waals surface area contributed by atoms with Crippen LogP contribution in [0.5, 0.6) is 5.75 Å². The number of aryl methyl sites for hydroxylation is 2. The van der Waals surface area contributed by atoms with Gasteiger partial charge in [-0.25, -0.2) is 0 Å². The second kappa shape index (κ2) is 14.9. The minimum atomic E-state index is -1.31. The van der Waals surface area contributed by atoms with E-state index in [1.807, 2.05) is 26.0 Å². The summed E-state index contributed by atoms with van der Waals surface area (Å²) in [5, 5.41) is 3.30. The monoisotopic (exact) mass is 497 g/mol. The van der Waals surface area contributed by atoms with Gasteiger partial charge in [-0.3, -0.25) is 4.79 Å². The SMILES string of the molecule is CCCC[P+](CCCC)(CCCC)C(C)C(=O)Nc1c(C)cc(OC)cc1C.[Y]. The van der Waals surface area contributed by atoms with Crippen LogP contribution in [0.25, 0.3) is 0 Å². The normalized spacial score (nSPS) is 12.2. The molecule has 5 heteroatoms. The Morgan fingerprint density at radius 3 is 1.72 bits per heavy atom. The van der Waals surface area contributed by atoms with E-state index in [-0.39, 0.29) is 44.3 Å². The summed E-state index contributed by atoms with van der Waals surface area (Å²) in [6.45, 7) is 13.1. The van der Waals surface area contributed by atoms with Crippen molar-refractivity contribution < 1.29 is 42.2 Å². The number of ether oxygens (including phenoxy) is 1. The van der Waals surface area contributed by atoms with Crippen LogP contribution in [0.2, 0.25) is 0 Å². The Hall–Kier alpha value is 0.0239. The molecule has 1 N–H and O–H groups in total. The van der Waals surface area contributed by atoms with Gasteiger partial charge in [0.25, 0.3) is 5.91 Å². The summed E-state index contributed by atoms with van der Waals surface area (Å²) < 4.78 is 5.36. The van der Waals surface area contributed by atoms with Crippen molar-refractivity contribution >= 4 is 18.9 Å². The Morgan fingerprint density at radius 2 is 1.38 bits per heavy atom. The molecule has 1 aromatic rings. The molecule has 0 aliphatic rings. The second-order valence-electron chi connectivity index (χ2n) is 8.25. The van der Waals surface area contributed by atoms with Crippen LogP contribution in [-0.2, 0) is 37.5 Å². The molecule has 0 fully saturated rings. The molecule has 0 saturated carbocycles. The van der Waals surface area contributed by atoms with E-state index in [4.69, 9.17) is 4.74 Å². The molecule has 163 valence electrons. The van der Waals surface area contributed by atoms with Gasteiger partial charge in [0, 0.05) is 45.7 Å². The molecular formula is C24H43NO2PY+. The smallest absolute Gasteiger partial charge is 0.264 e. The summed E-state index contributed by atoms with van der Waals surface area (Å²) in [7, 11) is 0.371. The van der Waals surface area contributed by atoms with Gasteiger partial charge >= 0.3 is 0 Å². The number of nitrogens with one attached hydrogen (secondary N) is 1. The molecule has 1 aromatic carbocycles. The number of hydrogen-bond donors (Lipinski definition) is 1. The fourth-order valence-corrected chi connectivity index (χ4v) is 9.28. The Balaban J connectivity index is 0.00000784. The predicted molar refractivity (Wildman–Crippen MR) is 127 cm³/mol. The average Bonchev–Trinajstić information content (AvgIpc) is 2.69. The number of hydrogen-bond acceptors (Lipinski definition) is 2. The fraction of sp³-hybridized carbons (Fsp3) is 0.708. The third-order valence-electron chi connectivity index (χ3n) is 6.06. The Bertz CT molecular complexity index is 576. The zero-order chi connectivity index (χ0) is 21.2. The molecule has 1 unspecified atom stereocenters. The van der Waals surface area contributed by atoms with E-state index in [2.05, 4.69) is 33.0 Å². The van der Waals surface area contributed by atoms with E-state index in [9.17, 15) is 4.79 Å². The number of benzene rings is 1. The minimum absolute atomic E-state index is 0. The molecule has 1 rings (SSSR count). The third kappa shape index (κ3) is 8.58. The zero-order valence-corrected chi connectivity index (χ0v) is 23.7. The number of anilines is 1. The van der Waals surface area contributed by atoms with Crippen LogP contribution in [0.4, 0.5) is 5.69 Å². The van der Waals surface area contributed by atoms with Crippen molar-refractivity contribution in [2.45, 2.75) is 85.7 Å². The van der Waals surface area contributed by atoms with E-state index >= 15 is 0 Å². The molecule has 0 bridgehead atoms. The Labute approximate surface area is 205 Å². The summed E-state index contributed by atoms with van der Waals surface area (Å²) in [5.74, 6) is 1.06. The summed E-state index contributed by atoms with van der Waals surface area (Å²) >= 11 is 0. The fourth-order valence-electron chi connectivity index (χ4n) is 4.05. The van der Waals surface area contributed by atoms with Crippen LogP contribution in [0.15, 0.2) is 12.1 Å². The van der Waals surface area contributed by atoms with E-state index in [0.717, 1.165) is 22.6 Å². The van der Waals surface area contributed by atoms with Gasteiger partial charge in [-0.1, -0.05) is 40.0 Å². The molecule has 0 aromatic heterocycles. The number of methoxy groups -OCH3 is 1. The van der Waals surface area contributed by atoms with Gasteiger partial charge in [0.2, 0.25) is 0 Å². The Morgan fingerprint density at radius 1 is 0.966 bits per heavy atom. The maximum absolute atomic E-state index is 13.4. The first-order valence-electron chi connectivity index (χ1n) is 11.2. The van der Waals surface area contributed by atoms with Crippen molar-refractivity contribution in [3.63, 3.8) is 0 Å². The van der Waals surface area contributed by atoms with Gasteiger partial charge in [-0.15, -0.1) is 0 Å². The summed E-state index contributed by atoms with van der Waals surface area (Å²) in [5.41, 5.74) is 3.21. The molecule has 0 aliphatic carbocycles. The zero-order valence-electron chi connectivity index (χ0n) is 19.9. The van der Waals surface area contributed by atoms with Crippen molar-refractivity contribution in [3.8, 4) is 5.75 Å². The van der Waals surface area contributed by atoms with Crippen LogP contribution in [-0.4, -0.2) is 37.2 Å². The number of carbonyl (C=O) groups is 1. The molecule has 1 atom stereocenters. The number of amides is 1. The Kier molecular flexibility index (Phi) is 14.9. The molecule has 0 aliphatic heterocycles. The van der Waals surface area contributed by atoms with Crippen LogP contribution in [0.1, 0.15) is 77.3 Å². The van der Waals surface area contributed by atoms with Crippen LogP contribution >= 0.6 is 7.26 Å². The average molecular weight is 497 g/mol. The number of rotatable bonds is 13. The molecule has 1 amide bonds. The van der Waals surface area contributed by atoms with Crippen LogP contribution in [0.3, 0.4) is 0 Å². The molecule has 0 saturated heterocycles. The van der Waals surface area contributed by atoms with E-state index < -0.39 is 7.26 Å². The first-order valence-corrected chi connectivity index (χ1v) is 13.6. The predicted octanol–water partition coefficient (Wildman–Crippen LogP) is 7.05. The van der Waals surface area contributed by atoms with Crippen molar-refractivity contribution in [1.29, 1.82) is 0 Å². The maximum atomic E-state index is 13.4. The van der Waals surface area contributed by atoms with Gasteiger partial charge in [-0.05, 0) is 63.3 Å². The molecular weight excluding hydrogens is 454 g/mol. The molecule has 29 heavy (non-hydrogen) atoms. The minimum Gasteiger partial charge on any atom is -0.497 e. The van der Waals surface area contributed by atoms with Crippen molar-refractivity contribution in [3.05, 3.63) is 23.3 Å².